The zero-order valence-corrected chi connectivity index (χ0v) is 17.8. The van der Waals surface area contributed by atoms with Crippen LogP contribution >= 0.6 is 27.3 Å². The van der Waals surface area contributed by atoms with Crippen LogP contribution in [0.4, 0.5) is 16.5 Å². The smallest absolute Gasteiger partial charge is 0.248 e. The molecule has 1 heterocycles. The molecule has 3 aromatic rings. The number of carbonyl (C=O) groups is 2. The summed E-state index contributed by atoms with van der Waals surface area (Å²) in [6, 6.07) is 15.0. The van der Waals surface area contributed by atoms with E-state index in [1.54, 1.807) is 11.0 Å². The summed E-state index contributed by atoms with van der Waals surface area (Å²) in [6.07, 6.45) is 3.06. The summed E-state index contributed by atoms with van der Waals surface area (Å²) in [5.74, 6) is -0.369. The van der Waals surface area contributed by atoms with E-state index in [0.717, 1.165) is 21.4 Å². The van der Waals surface area contributed by atoms with Crippen LogP contribution in [-0.2, 0) is 9.59 Å². The summed E-state index contributed by atoms with van der Waals surface area (Å²) in [5, 5.41) is 5.21. The topological polar surface area (TPSA) is 62.3 Å². The van der Waals surface area contributed by atoms with Gasteiger partial charge in [0.1, 0.15) is 0 Å². The Morgan fingerprint density at radius 2 is 1.93 bits per heavy atom. The van der Waals surface area contributed by atoms with Crippen molar-refractivity contribution in [3.8, 4) is 0 Å². The summed E-state index contributed by atoms with van der Waals surface area (Å²) in [5.41, 5.74) is 3.09. The number of nitrogens with one attached hydrogen (secondary N) is 1. The molecule has 0 atom stereocenters. The molecule has 2 aromatic carbocycles. The van der Waals surface area contributed by atoms with E-state index in [2.05, 4.69) is 26.2 Å². The Morgan fingerprint density at radius 3 is 2.61 bits per heavy atom. The number of para-hydroxylation sites is 1. The Bertz CT molecular complexity index is 1030. The van der Waals surface area contributed by atoms with Gasteiger partial charge in [-0.25, -0.2) is 4.98 Å². The molecule has 1 aromatic heterocycles. The first-order chi connectivity index (χ1) is 13.4. The first-order valence-electron chi connectivity index (χ1n) is 8.50. The standard InChI is InChI=1S/C21H18BrN3O2S/c1-14-12-16(22)8-10-19(14)24-20(27)11-9-17-13-28-21(23-17)25(15(2)26)18-6-4-3-5-7-18/h3-13H,1-2H3,(H,24,27). The van der Waals surface area contributed by atoms with Gasteiger partial charge in [-0.05, 0) is 48.9 Å². The normalized spacial score (nSPS) is 10.8. The molecule has 3 rings (SSSR count). The van der Waals surface area contributed by atoms with Gasteiger partial charge >= 0.3 is 0 Å². The molecule has 0 fully saturated rings. The van der Waals surface area contributed by atoms with Gasteiger partial charge in [-0.3, -0.25) is 14.5 Å². The number of aryl methyl sites for hydroxylation is 1. The number of aromatic nitrogens is 1. The summed E-state index contributed by atoms with van der Waals surface area (Å²) < 4.78 is 0.960. The Balaban J connectivity index is 1.72. The predicted molar refractivity (Wildman–Crippen MR) is 118 cm³/mol. The van der Waals surface area contributed by atoms with Crippen molar-refractivity contribution in [1.29, 1.82) is 0 Å². The molecule has 2 amide bonds. The fourth-order valence-electron chi connectivity index (χ4n) is 2.56. The van der Waals surface area contributed by atoms with Crippen LogP contribution in [0.2, 0.25) is 0 Å². The van der Waals surface area contributed by atoms with Crippen LogP contribution in [0, 0.1) is 6.92 Å². The number of benzene rings is 2. The molecule has 0 aliphatic heterocycles. The molecule has 0 bridgehead atoms. The maximum atomic E-state index is 12.2. The zero-order valence-electron chi connectivity index (χ0n) is 15.3. The fraction of sp³-hybridized carbons (Fsp3) is 0.0952. The van der Waals surface area contributed by atoms with E-state index in [-0.39, 0.29) is 11.8 Å². The molecule has 0 saturated heterocycles. The van der Waals surface area contributed by atoms with Crippen LogP contribution in [0.3, 0.4) is 0 Å². The third-order valence-corrected chi connectivity index (χ3v) is 5.22. The summed E-state index contributed by atoms with van der Waals surface area (Å²) in [7, 11) is 0. The molecule has 7 heteroatoms. The van der Waals surface area contributed by atoms with Crippen molar-refractivity contribution in [2.75, 3.05) is 10.2 Å². The van der Waals surface area contributed by atoms with Gasteiger partial charge in [-0.2, -0.15) is 0 Å². The van der Waals surface area contributed by atoms with E-state index in [1.165, 1.54) is 24.3 Å². The molecular formula is C21H18BrN3O2S. The second-order valence-electron chi connectivity index (χ2n) is 6.03. The lowest BCUT2D eigenvalue weighted by molar-refractivity contribution is -0.116. The van der Waals surface area contributed by atoms with Crippen molar-refractivity contribution >= 4 is 61.7 Å². The van der Waals surface area contributed by atoms with Crippen molar-refractivity contribution in [3.63, 3.8) is 0 Å². The molecule has 0 saturated carbocycles. The number of carbonyl (C=O) groups excluding carboxylic acids is 2. The largest absolute Gasteiger partial charge is 0.322 e. The Labute approximate surface area is 175 Å². The number of thiazole rings is 1. The van der Waals surface area contributed by atoms with Crippen molar-refractivity contribution in [3.05, 3.63) is 75.7 Å². The lowest BCUT2D eigenvalue weighted by Crippen LogP contribution is -2.22. The van der Waals surface area contributed by atoms with E-state index in [0.29, 0.717) is 10.8 Å². The first-order valence-corrected chi connectivity index (χ1v) is 10.2. The quantitative estimate of drug-likeness (QED) is 0.512. The van der Waals surface area contributed by atoms with Crippen LogP contribution in [0.1, 0.15) is 18.2 Å². The Hall–Kier alpha value is -2.77. The van der Waals surface area contributed by atoms with E-state index in [9.17, 15) is 9.59 Å². The fourth-order valence-corrected chi connectivity index (χ4v) is 3.89. The van der Waals surface area contributed by atoms with E-state index < -0.39 is 0 Å². The predicted octanol–water partition coefficient (Wildman–Crippen LogP) is 5.55. The average molecular weight is 456 g/mol. The van der Waals surface area contributed by atoms with Gasteiger partial charge in [0.2, 0.25) is 11.8 Å². The van der Waals surface area contributed by atoms with E-state index >= 15 is 0 Å². The molecule has 5 nitrogen and oxygen atoms in total. The second kappa shape index (κ2) is 8.95. The van der Waals surface area contributed by atoms with E-state index in [1.807, 2.05) is 60.8 Å². The number of halogens is 1. The average Bonchev–Trinajstić information content (AvgIpc) is 3.11. The molecule has 28 heavy (non-hydrogen) atoms. The lowest BCUT2D eigenvalue weighted by atomic mass is 10.2. The Morgan fingerprint density at radius 1 is 1.18 bits per heavy atom. The van der Waals surface area contributed by atoms with Crippen molar-refractivity contribution < 1.29 is 9.59 Å². The third kappa shape index (κ3) is 4.94. The molecule has 0 spiro atoms. The number of hydrogen-bond acceptors (Lipinski definition) is 4. The minimum Gasteiger partial charge on any atom is -0.322 e. The maximum Gasteiger partial charge on any atom is 0.248 e. The number of rotatable bonds is 5. The number of hydrogen-bond donors (Lipinski definition) is 1. The molecular weight excluding hydrogens is 438 g/mol. The minimum atomic E-state index is -0.244. The van der Waals surface area contributed by atoms with Gasteiger partial charge in [0, 0.05) is 28.5 Å². The lowest BCUT2D eigenvalue weighted by Gasteiger charge is -2.17. The van der Waals surface area contributed by atoms with E-state index in [4.69, 9.17) is 0 Å². The molecule has 1 N–H and O–H groups in total. The molecule has 0 unspecified atom stereocenters. The van der Waals surface area contributed by atoms with Gasteiger partial charge in [0.15, 0.2) is 5.13 Å². The highest BCUT2D eigenvalue weighted by molar-refractivity contribution is 9.10. The highest BCUT2D eigenvalue weighted by Crippen LogP contribution is 2.29. The van der Waals surface area contributed by atoms with Gasteiger partial charge in [0.25, 0.3) is 0 Å². The number of amides is 2. The highest BCUT2D eigenvalue weighted by atomic mass is 79.9. The Kier molecular flexibility index (Phi) is 6.38. The van der Waals surface area contributed by atoms with Crippen LogP contribution in [-0.4, -0.2) is 16.8 Å². The molecule has 142 valence electrons. The van der Waals surface area contributed by atoms with Gasteiger partial charge < -0.3 is 5.32 Å². The van der Waals surface area contributed by atoms with Gasteiger partial charge in [0.05, 0.1) is 11.4 Å². The summed E-state index contributed by atoms with van der Waals surface area (Å²) in [6.45, 7) is 3.43. The van der Waals surface area contributed by atoms with Crippen molar-refractivity contribution in [1.82, 2.24) is 4.98 Å². The number of nitrogens with zero attached hydrogens (tertiary/aromatic N) is 2. The highest BCUT2D eigenvalue weighted by Gasteiger charge is 2.17. The van der Waals surface area contributed by atoms with Crippen LogP contribution in [0.5, 0.6) is 0 Å². The zero-order chi connectivity index (χ0) is 20.1. The van der Waals surface area contributed by atoms with Crippen LogP contribution in [0.25, 0.3) is 6.08 Å². The number of anilines is 3. The summed E-state index contributed by atoms with van der Waals surface area (Å²) >= 11 is 4.75. The monoisotopic (exact) mass is 455 g/mol. The van der Waals surface area contributed by atoms with Crippen LogP contribution in [0.15, 0.2) is 64.5 Å². The second-order valence-corrected chi connectivity index (χ2v) is 7.78. The first kappa shape index (κ1) is 20.0. The van der Waals surface area contributed by atoms with Crippen LogP contribution < -0.4 is 10.2 Å². The summed E-state index contributed by atoms with van der Waals surface area (Å²) in [4.78, 5) is 30.3. The SMILES string of the molecule is CC(=O)N(c1ccccc1)c1nc(C=CC(=O)Nc2ccc(Br)cc2C)cs1. The van der Waals surface area contributed by atoms with Gasteiger partial charge in [-0.1, -0.05) is 34.1 Å². The third-order valence-electron chi connectivity index (χ3n) is 3.88. The van der Waals surface area contributed by atoms with Gasteiger partial charge in [-0.15, -0.1) is 11.3 Å². The molecule has 0 aliphatic rings. The van der Waals surface area contributed by atoms with Crippen molar-refractivity contribution in [2.24, 2.45) is 0 Å². The van der Waals surface area contributed by atoms with Crippen molar-refractivity contribution in [2.45, 2.75) is 13.8 Å². The maximum absolute atomic E-state index is 12.2. The molecule has 0 radical (unpaired) electrons. The minimum absolute atomic E-state index is 0.125. The molecule has 0 aliphatic carbocycles.